The summed E-state index contributed by atoms with van der Waals surface area (Å²) in [7, 11) is 0. The summed E-state index contributed by atoms with van der Waals surface area (Å²) in [4.78, 5) is 0. The smallest absolute Gasteiger partial charge is 0.0687 e. The summed E-state index contributed by atoms with van der Waals surface area (Å²) in [5, 5.41) is 17.7. The lowest BCUT2D eigenvalue weighted by molar-refractivity contribution is 0.282. The SMILES string of the molecule is CC(C)(C#N)Cc1ccc(CO)cc1. The van der Waals surface area contributed by atoms with Gasteiger partial charge in [-0.2, -0.15) is 5.26 Å². The van der Waals surface area contributed by atoms with E-state index in [0.29, 0.717) is 0 Å². The lowest BCUT2D eigenvalue weighted by Crippen LogP contribution is -2.11. The van der Waals surface area contributed by atoms with E-state index in [0.717, 1.165) is 17.5 Å². The number of rotatable bonds is 3. The van der Waals surface area contributed by atoms with Gasteiger partial charge in [-0.3, -0.25) is 0 Å². The van der Waals surface area contributed by atoms with E-state index in [1.807, 2.05) is 38.1 Å². The highest BCUT2D eigenvalue weighted by Crippen LogP contribution is 2.20. The zero-order chi connectivity index (χ0) is 10.6. The van der Waals surface area contributed by atoms with Crippen LogP contribution < -0.4 is 0 Å². The molecule has 0 aliphatic rings. The van der Waals surface area contributed by atoms with Gasteiger partial charge in [0.15, 0.2) is 0 Å². The second-order valence-electron chi connectivity index (χ2n) is 4.15. The Balaban J connectivity index is 2.75. The van der Waals surface area contributed by atoms with Crippen molar-refractivity contribution < 1.29 is 5.11 Å². The maximum atomic E-state index is 8.87. The molecule has 1 aromatic rings. The van der Waals surface area contributed by atoms with Crippen LogP contribution in [0.5, 0.6) is 0 Å². The van der Waals surface area contributed by atoms with Crippen LogP contribution in [-0.4, -0.2) is 5.11 Å². The molecule has 0 saturated carbocycles. The van der Waals surface area contributed by atoms with Gasteiger partial charge in [0.2, 0.25) is 0 Å². The number of hydrogen-bond acceptors (Lipinski definition) is 2. The third-order valence-electron chi connectivity index (χ3n) is 2.15. The number of hydrogen-bond donors (Lipinski definition) is 1. The summed E-state index contributed by atoms with van der Waals surface area (Å²) in [6.45, 7) is 3.92. The number of nitriles is 1. The molecule has 1 aromatic carbocycles. The average molecular weight is 189 g/mol. The van der Waals surface area contributed by atoms with Crippen molar-refractivity contribution in [3.63, 3.8) is 0 Å². The third-order valence-corrected chi connectivity index (χ3v) is 2.15. The van der Waals surface area contributed by atoms with Gasteiger partial charge in [0.25, 0.3) is 0 Å². The first-order chi connectivity index (χ1) is 6.57. The predicted molar refractivity (Wildman–Crippen MR) is 55.5 cm³/mol. The van der Waals surface area contributed by atoms with Crippen molar-refractivity contribution in [2.75, 3.05) is 0 Å². The lowest BCUT2D eigenvalue weighted by Gasteiger charge is -2.14. The molecule has 1 N–H and O–H groups in total. The molecule has 14 heavy (non-hydrogen) atoms. The highest BCUT2D eigenvalue weighted by atomic mass is 16.3. The van der Waals surface area contributed by atoms with E-state index in [2.05, 4.69) is 6.07 Å². The molecule has 0 saturated heterocycles. The van der Waals surface area contributed by atoms with Crippen molar-refractivity contribution in [3.8, 4) is 6.07 Å². The van der Waals surface area contributed by atoms with Gasteiger partial charge in [-0.05, 0) is 31.4 Å². The van der Waals surface area contributed by atoms with Crippen molar-refractivity contribution in [1.82, 2.24) is 0 Å². The van der Waals surface area contributed by atoms with E-state index < -0.39 is 0 Å². The van der Waals surface area contributed by atoms with Crippen LogP contribution in [0.15, 0.2) is 24.3 Å². The van der Waals surface area contributed by atoms with Crippen LogP contribution in [0.2, 0.25) is 0 Å². The predicted octanol–water partition coefficient (Wildman–Crippen LogP) is 2.27. The Morgan fingerprint density at radius 1 is 1.21 bits per heavy atom. The molecule has 0 aromatic heterocycles. The van der Waals surface area contributed by atoms with Gasteiger partial charge in [-0.25, -0.2) is 0 Å². The summed E-state index contributed by atoms with van der Waals surface area (Å²) in [5.74, 6) is 0. The summed E-state index contributed by atoms with van der Waals surface area (Å²) in [6, 6.07) is 9.98. The van der Waals surface area contributed by atoms with E-state index in [9.17, 15) is 0 Å². The fraction of sp³-hybridized carbons (Fsp3) is 0.417. The molecule has 0 spiro atoms. The van der Waals surface area contributed by atoms with Crippen molar-refractivity contribution in [1.29, 1.82) is 5.26 Å². The Kier molecular flexibility index (Phi) is 3.27. The van der Waals surface area contributed by atoms with Crippen molar-refractivity contribution in [3.05, 3.63) is 35.4 Å². The Morgan fingerprint density at radius 2 is 1.71 bits per heavy atom. The van der Waals surface area contributed by atoms with Gasteiger partial charge in [0.05, 0.1) is 18.1 Å². The summed E-state index contributed by atoms with van der Waals surface area (Å²) >= 11 is 0. The van der Waals surface area contributed by atoms with Crippen LogP contribution >= 0.6 is 0 Å². The zero-order valence-electron chi connectivity index (χ0n) is 8.62. The second-order valence-corrected chi connectivity index (χ2v) is 4.15. The number of nitrogens with zero attached hydrogens (tertiary/aromatic N) is 1. The maximum Gasteiger partial charge on any atom is 0.0687 e. The van der Waals surface area contributed by atoms with E-state index in [-0.39, 0.29) is 12.0 Å². The largest absolute Gasteiger partial charge is 0.392 e. The molecule has 0 radical (unpaired) electrons. The highest BCUT2D eigenvalue weighted by molar-refractivity contribution is 5.23. The summed E-state index contributed by atoms with van der Waals surface area (Å²) in [6.07, 6.45) is 0.745. The molecule has 74 valence electrons. The Labute approximate surface area is 84.8 Å². The molecule has 0 unspecified atom stereocenters. The first-order valence-electron chi connectivity index (χ1n) is 4.67. The van der Waals surface area contributed by atoms with Crippen LogP contribution in [0, 0.1) is 16.7 Å². The van der Waals surface area contributed by atoms with Gasteiger partial charge in [-0.1, -0.05) is 24.3 Å². The lowest BCUT2D eigenvalue weighted by atomic mass is 9.87. The summed E-state index contributed by atoms with van der Waals surface area (Å²) < 4.78 is 0. The van der Waals surface area contributed by atoms with Crippen LogP contribution in [-0.2, 0) is 13.0 Å². The number of aliphatic hydroxyl groups is 1. The first kappa shape index (κ1) is 10.7. The molecule has 0 bridgehead atoms. The zero-order valence-corrected chi connectivity index (χ0v) is 8.62. The van der Waals surface area contributed by atoms with Gasteiger partial charge >= 0.3 is 0 Å². The van der Waals surface area contributed by atoms with Crippen molar-refractivity contribution in [2.45, 2.75) is 26.9 Å². The first-order valence-corrected chi connectivity index (χ1v) is 4.67. The van der Waals surface area contributed by atoms with Crippen molar-refractivity contribution in [2.24, 2.45) is 5.41 Å². The van der Waals surface area contributed by atoms with Crippen LogP contribution in [0.1, 0.15) is 25.0 Å². The summed E-state index contributed by atoms with van der Waals surface area (Å²) in [5.41, 5.74) is 1.72. The minimum Gasteiger partial charge on any atom is -0.392 e. The molecular formula is C12H15NO. The van der Waals surface area contributed by atoms with Gasteiger partial charge in [0.1, 0.15) is 0 Å². The highest BCUT2D eigenvalue weighted by Gasteiger charge is 2.16. The maximum absolute atomic E-state index is 8.87. The minimum atomic E-state index is -0.319. The van der Waals surface area contributed by atoms with Crippen LogP contribution in [0.4, 0.5) is 0 Å². The van der Waals surface area contributed by atoms with E-state index in [1.165, 1.54) is 0 Å². The van der Waals surface area contributed by atoms with E-state index >= 15 is 0 Å². The topological polar surface area (TPSA) is 44.0 Å². The molecule has 1 rings (SSSR count). The Morgan fingerprint density at radius 3 is 2.14 bits per heavy atom. The molecule has 0 heterocycles. The standard InChI is InChI=1S/C12H15NO/c1-12(2,9-13)7-10-3-5-11(8-14)6-4-10/h3-6,14H,7-8H2,1-2H3. The molecule has 0 atom stereocenters. The molecule has 2 nitrogen and oxygen atoms in total. The van der Waals surface area contributed by atoms with Gasteiger partial charge in [0, 0.05) is 0 Å². The average Bonchev–Trinajstić information content (AvgIpc) is 2.19. The molecule has 0 aliphatic carbocycles. The third kappa shape index (κ3) is 2.86. The Hall–Kier alpha value is -1.33. The normalized spacial score (nSPS) is 11.0. The van der Waals surface area contributed by atoms with Crippen LogP contribution in [0.25, 0.3) is 0 Å². The van der Waals surface area contributed by atoms with E-state index in [1.54, 1.807) is 0 Å². The quantitative estimate of drug-likeness (QED) is 0.792. The second kappa shape index (κ2) is 4.26. The fourth-order valence-corrected chi connectivity index (χ4v) is 1.31. The Bertz CT molecular complexity index is 332. The minimum absolute atomic E-state index is 0.0714. The number of benzene rings is 1. The molecule has 0 amide bonds. The monoisotopic (exact) mass is 189 g/mol. The van der Waals surface area contributed by atoms with Gasteiger partial charge in [-0.15, -0.1) is 0 Å². The van der Waals surface area contributed by atoms with Crippen LogP contribution in [0.3, 0.4) is 0 Å². The molecular weight excluding hydrogens is 174 g/mol. The fourth-order valence-electron chi connectivity index (χ4n) is 1.31. The molecule has 0 aliphatic heterocycles. The molecule has 2 heteroatoms. The van der Waals surface area contributed by atoms with Crippen molar-refractivity contribution >= 4 is 0 Å². The molecule has 0 fully saturated rings. The van der Waals surface area contributed by atoms with E-state index in [4.69, 9.17) is 10.4 Å². The van der Waals surface area contributed by atoms with Gasteiger partial charge < -0.3 is 5.11 Å². The number of aliphatic hydroxyl groups excluding tert-OH is 1.